The maximum atomic E-state index is 13.0. The average molecular weight is 314 g/mol. The Morgan fingerprint density at radius 1 is 1.05 bits per heavy atom. The summed E-state index contributed by atoms with van der Waals surface area (Å²) in [5.74, 6) is -4.04. The first kappa shape index (κ1) is 14.9. The molecule has 1 N–H and O–H groups in total. The Morgan fingerprint density at radius 2 is 1.76 bits per heavy atom. The van der Waals surface area contributed by atoms with Crippen molar-refractivity contribution in [2.75, 3.05) is 0 Å². The van der Waals surface area contributed by atoms with Crippen LogP contribution in [0.3, 0.4) is 0 Å². The fourth-order valence-corrected chi connectivity index (χ4v) is 2.42. The quantitative estimate of drug-likeness (QED) is 0.877. The van der Waals surface area contributed by atoms with Gasteiger partial charge < -0.3 is 9.29 Å². The molecule has 8 heteroatoms. The van der Waals surface area contributed by atoms with E-state index in [9.17, 15) is 22.0 Å². The highest BCUT2D eigenvalue weighted by Crippen LogP contribution is 2.21. The summed E-state index contributed by atoms with van der Waals surface area (Å²) < 4.78 is 54.3. The number of carbonyl (C=O) groups is 1. The van der Waals surface area contributed by atoms with Gasteiger partial charge in [-0.3, -0.25) is 0 Å². The highest BCUT2D eigenvalue weighted by atomic mass is 32.2. The second-order valence-electron chi connectivity index (χ2n) is 3.95. The molecule has 0 aromatic heterocycles. The van der Waals surface area contributed by atoms with Crippen LogP contribution in [0.1, 0.15) is 10.4 Å². The Kier molecular flexibility index (Phi) is 3.90. The van der Waals surface area contributed by atoms with Gasteiger partial charge in [0.25, 0.3) is 0 Å². The highest BCUT2D eigenvalue weighted by Gasteiger charge is 2.19. The first-order valence-electron chi connectivity index (χ1n) is 5.52. The van der Waals surface area contributed by atoms with Gasteiger partial charge in [0.2, 0.25) is 0 Å². The van der Waals surface area contributed by atoms with Crippen LogP contribution >= 0.6 is 0 Å². The number of halogens is 2. The van der Waals surface area contributed by atoms with Crippen molar-refractivity contribution in [3.05, 3.63) is 59.7 Å². The maximum absolute atomic E-state index is 13.0. The molecule has 0 fully saturated rings. The first-order chi connectivity index (χ1) is 9.79. The van der Waals surface area contributed by atoms with Crippen LogP contribution in [0, 0.1) is 11.6 Å². The van der Waals surface area contributed by atoms with E-state index < -0.39 is 32.6 Å². The minimum atomic E-state index is -4.39. The van der Waals surface area contributed by atoms with Crippen LogP contribution in [-0.4, -0.2) is 19.5 Å². The molecular formula is C13H8F2O5S. The largest absolute Gasteiger partial charge is 0.478 e. The van der Waals surface area contributed by atoms with E-state index in [0.29, 0.717) is 12.1 Å². The first-order valence-corrected chi connectivity index (χ1v) is 6.93. The van der Waals surface area contributed by atoms with Crippen LogP contribution in [0.2, 0.25) is 0 Å². The van der Waals surface area contributed by atoms with Crippen LogP contribution in [0.4, 0.5) is 8.78 Å². The lowest BCUT2D eigenvalue weighted by atomic mass is 10.2. The molecule has 0 aliphatic carbocycles. The SMILES string of the molecule is O=C(O)c1cccc(OS(=O)(=O)c2ccc(F)c(F)c2)c1. The number of hydrogen-bond donors (Lipinski definition) is 1. The van der Waals surface area contributed by atoms with E-state index in [-0.39, 0.29) is 11.3 Å². The Balaban J connectivity index is 2.35. The van der Waals surface area contributed by atoms with E-state index in [2.05, 4.69) is 0 Å². The molecule has 0 radical (unpaired) electrons. The Hall–Kier alpha value is -2.48. The van der Waals surface area contributed by atoms with Gasteiger partial charge in [0, 0.05) is 0 Å². The molecule has 2 aromatic carbocycles. The van der Waals surface area contributed by atoms with Crippen molar-refractivity contribution in [1.82, 2.24) is 0 Å². The molecule has 0 heterocycles. The number of rotatable bonds is 4. The topological polar surface area (TPSA) is 80.7 Å². The van der Waals surface area contributed by atoms with E-state index in [1.54, 1.807) is 0 Å². The third-order valence-electron chi connectivity index (χ3n) is 2.47. The van der Waals surface area contributed by atoms with Gasteiger partial charge in [-0.15, -0.1) is 0 Å². The summed E-state index contributed by atoms with van der Waals surface area (Å²) in [5, 5.41) is 8.80. The molecule has 0 atom stereocenters. The number of hydrogen-bond acceptors (Lipinski definition) is 4. The number of carboxylic acids is 1. The summed E-state index contributed by atoms with van der Waals surface area (Å²) in [4.78, 5) is 10.2. The van der Waals surface area contributed by atoms with Gasteiger partial charge in [0.05, 0.1) is 5.56 Å². The zero-order valence-corrected chi connectivity index (χ0v) is 11.1. The standard InChI is InChI=1S/C13H8F2O5S/c14-11-5-4-10(7-12(11)15)21(18,19)20-9-3-1-2-8(6-9)13(16)17/h1-7H,(H,16,17). The van der Waals surface area contributed by atoms with E-state index in [1.165, 1.54) is 18.2 Å². The molecule has 2 aromatic rings. The summed E-state index contributed by atoms with van der Waals surface area (Å²) in [7, 11) is -4.39. The average Bonchev–Trinajstić information content (AvgIpc) is 2.41. The van der Waals surface area contributed by atoms with Crippen LogP contribution in [-0.2, 0) is 10.1 Å². The summed E-state index contributed by atoms with van der Waals surface area (Å²) >= 11 is 0. The van der Waals surface area contributed by atoms with Gasteiger partial charge in [0.15, 0.2) is 11.6 Å². The fraction of sp³-hybridized carbons (Fsp3) is 0. The predicted molar refractivity (Wildman–Crippen MR) is 67.6 cm³/mol. The summed E-state index contributed by atoms with van der Waals surface area (Å²) in [6.07, 6.45) is 0. The molecule has 0 aliphatic heterocycles. The minimum absolute atomic E-state index is 0.173. The van der Waals surface area contributed by atoms with Gasteiger partial charge in [-0.05, 0) is 36.4 Å². The molecule has 0 bridgehead atoms. The van der Waals surface area contributed by atoms with Crippen molar-refractivity contribution in [1.29, 1.82) is 0 Å². The van der Waals surface area contributed by atoms with E-state index in [0.717, 1.165) is 12.1 Å². The molecule has 21 heavy (non-hydrogen) atoms. The van der Waals surface area contributed by atoms with Crippen molar-refractivity contribution >= 4 is 16.1 Å². The van der Waals surface area contributed by atoms with E-state index in [4.69, 9.17) is 9.29 Å². The van der Waals surface area contributed by atoms with Crippen molar-refractivity contribution in [2.24, 2.45) is 0 Å². The minimum Gasteiger partial charge on any atom is -0.478 e. The molecule has 0 aliphatic rings. The molecular weight excluding hydrogens is 306 g/mol. The maximum Gasteiger partial charge on any atom is 0.339 e. The molecule has 5 nitrogen and oxygen atoms in total. The van der Waals surface area contributed by atoms with Crippen molar-refractivity contribution in [2.45, 2.75) is 4.90 Å². The lowest BCUT2D eigenvalue weighted by Crippen LogP contribution is -2.11. The monoisotopic (exact) mass is 314 g/mol. The normalized spacial score (nSPS) is 11.1. The predicted octanol–water partition coefficient (Wildman–Crippen LogP) is 2.43. The lowest BCUT2D eigenvalue weighted by molar-refractivity contribution is 0.0696. The van der Waals surface area contributed by atoms with Crippen molar-refractivity contribution < 1.29 is 31.3 Å². The second kappa shape index (κ2) is 5.49. The number of carboxylic acid groups (broad SMARTS) is 1. The van der Waals surface area contributed by atoms with Gasteiger partial charge in [-0.25, -0.2) is 13.6 Å². The van der Waals surface area contributed by atoms with Gasteiger partial charge >= 0.3 is 16.1 Å². The Labute approximate surface area is 118 Å². The van der Waals surface area contributed by atoms with Crippen LogP contribution in [0.15, 0.2) is 47.4 Å². The molecule has 0 unspecified atom stereocenters. The highest BCUT2D eigenvalue weighted by molar-refractivity contribution is 7.87. The summed E-state index contributed by atoms with van der Waals surface area (Å²) in [6.45, 7) is 0. The van der Waals surface area contributed by atoms with E-state index >= 15 is 0 Å². The lowest BCUT2D eigenvalue weighted by Gasteiger charge is -2.07. The molecule has 0 saturated carbocycles. The number of aromatic carboxylic acids is 1. The summed E-state index contributed by atoms with van der Waals surface area (Å²) in [5.41, 5.74) is -0.173. The third kappa shape index (κ3) is 3.34. The molecule has 0 saturated heterocycles. The van der Waals surface area contributed by atoms with Crippen molar-refractivity contribution in [3.8, 4) is 5.75 Å². The number of benzene rings is 2. The fourth-order valence-electron chi connectivity index (χ4n) is 1.49. The second-order valence-corrected chi connectivity index (χ2v) is 5.49. The zero-order valence-electron chi connectivity index (χ0n) is 10.3. The smallest absolute Gasteiger partial charge is 0.339 e. The Bertz CT molecular complexity index is 802. The van der Waals surface area contributed by atoms with Crippen LogP contribution in [0.25, 0.3) is 0 Å². The summed E-state index contributed by atoms with van der Waals surface area (Å²) in [6, 6.07) is 6.74. The Morgan fingerprint density at radius 3 is 2.38 bits per heavy atom. The molecule has 2 rings (SSSR count). The van der Waals surface area contributed by atoms with E-state index in [1.807, 2.05) is 0 Å². The van der Waals surface area contributed by atoms with Gasteiger partial charge in [-0.2, -0.15) is 8.42 Å². The zero-order chi connectivity index (χ0) is 15.6. The van der Waals surface area contributed by atoms with Gasteiger partial charge in [-0.1, -0.05) is 6.07 Å². The molecule has 0 spiro atoms. The molecule has 110 valence electrons. The third-order valence-corrected chi connectivity index (χ3v) is 3.71. The molecule has 0 amide bonds. The van der Waals surface area contributed by atoms with Crippen molar-refractivity contribution in [3.63, 3.8) is 0 Å². The van der Waals surface area contributed by atoms with Gasteiger partial charge in [0.1, 0.15) is 10.6 Å². The van der Waals surface area contributed by atoms with Crippen LogP contribution < -0.4 is 4.18 Å². The van der Waals surface area contributed by atoms with Crippen LogP contribution in [0.5, 0.6) is 5.75 Å².